The number of pyridine rings is 1. The smallest absolute Gasteiger partial charge is 0.272 e. The van der Waals surface area contributed by atoms with E-state index in [2.05, 4.69) is 17.2 Å². The number of halogens is 1. The third kappa shape index (κ3) is 3.50. The normalized spacial score (nSPS) is 16.3. The lowest BCUT2D eigenvalue weighted by molar-refractivity contribution is 0.0636. The van der Waals surface area contributed by atoms with Gasteiger partial charge in [-0.3, -0.25) is 4.79 Å². The number of nitrogens with one attached hydrogen (secondary N) is 1. The highest BCUT2D eigenvalue weighted by Gasteiger charge is 2.26. The maximum atomic E-state index is 12.9. The Labute approximate surface area is 113 Å². The average molecular weight is 265 g/mol. The van der Waals surface area contributed by atoms with Crippen molar-refractivity contribution in [3.63, 3.8) is 0 Å². The van der Waals surface area contributed by atoms with Gasteiger partial charge in [-0.05, 0) is 44.5 Å². The summed E-state index contributed by atoms with van der Waals surface area (Å²) in [5, 5.41) is 3.29. The second-order valence-corrected chi connectivity index (χ2v) is 4.84. The van der Waals surface area contributed by atoms with E-state index in [-0.39, 0.29) is 11.9 Å². The van der Waals surface area contributed by atoms with Crippen molar-refractivity contribution in [2.75, 3.05) is 19.6 Å². The highest BCUT2D eigenvalue weighted by molar-refractivity contribution is 5.92. The molecule has 0 unspecified atom stereocenters. The minimum absolute atomic E-state index is 0.0891. The quantitative estimate of drug-likeness (QED) is 0.903. The van der Waals surface area contributed by atoms with Crippen LogP contribution in [0.3, 0.4) is 0 Å². The topological polar surface area (TPSA) is 45.2 Å². The van der Waals surface area contributed by atoms with Crippen molar-refractivity contribution in [3.8, 4) is 0 Å². The van der Waals surface area contributed by atoms with E-state index in [1.54, 1.807) is 0 Å². The highest BCUT2D eigenvalue weighted by atomic mass is 19.1. The van der Waals surface area contributed by atoms with Crippen molar-refractivity contribution >= 4 is 5.91 Å². The predicted octanol–water partition coefficient (Wildman–Crippen LogP) is 1.82. The Kier molecular flexibility index (Phi) is 4.85. The maximum absolute atomic E-state index is 12.9. The van der Waals surface area contributed by atoms with Crippen LogP contribution in [0.2, 0.25) is 0 Å². The van der Waals surface area contributed by atoms with Gasteiger partial charge in [0, 0.05) is 12.6 Å². The van der Waals surface area contributed by atoms with Crippen LogP contribution in [-0.2, 0) is 0 Å². The number of carbonyl (C=O) groups is 1. The van der Waals surface area contributed by atoms with Gasteiger partial charge >= 0.3 is 0 Å². The van der Waals surface area contributed by atoms with Crippen molar-refractivity contribution in [2.45, 2.75) is 32.2 Å². The molecule has 104 valence electrons. The number of carbonyl (C=O) groups excluding carboxylic acids is 1. The number of rotatable bonds is 4. The van der Waals surface area contributed by atoms with E-state index in [0.29, 0.717) is 5.69 Å². The summed E-state index contributed by atoms with van der Waals surface area (Å²) in [6.07, 6.45) is 3.94. The molecule has 1 amide bonds. The zero-order valence-electron chi connectivity index (χ0n) is 11.2. The first kappa shape index (κ1) is 13.9. The molecule has 1 aliphatic heterocycles. The predicted molar refractivity (Wildman–Crippen MR) is 71.4 cm³/mol. The molecule has 1 N–H and O–H groups in total. The minimum Gasteiger partial charge on any atom is -0.334 e. The second kappa shape index (κ2) is 6.61. The van der Waals surface area contributed by atoms with Gasteiger partial charge in [-0.15, -0.1) is 0 Å². The van der Waals surface area contributed by atoms with Gasteiger partial charge in [0.25, 0.3) is 5.91 Å². The Bertz CT molecular complexity index is 415. The Hall–Kier alpha value is -1.49. The summed E-state index contributed by atoms with van der Waals surface area (Å²) in [5.41, 5.74) is 0.327. The molecule has 0 saturated carbocycles. The molecule has 0 aromatic carbocycles. The van der Waals surface area contributed by atoms with Crippen molar-refractivity contribution in [1.29, 1.82) is 0 Å². The van der Waals surface area contributed by atoms with Gasteiger partial charge in [0.1, 0.15) is 11.5 Å². The SMILES string of the molecule is CCCN(C(=O)c1ccc(F)cn1)C1CCNCC1. The Balaban J connectivity index is 2.13. The summed E-state index contributed by atoms with van der Waals surface area (Å²) in [7, 11) is 0. The molecule has 0 radical (unpaired) electrons. The molecule has 5 heteroatoms. The van der Waals surface area contributed by atoms with E-state index in [1.165, 1.54) is 12.1 Å². The molecule has 1 saturated heterocycles. The first-order valence-corrected chi connectivity index (χ1v) is 6.85. The van der Waals surface area contributed by atoms with Crippen LogP contribution in [0, 0.1) is 5.82 Å². The highest BCUT2D eigenvalue weighted by Crippen LogP contribution is 2.15. The summed E-state index contributed by atoms with van der Waals surface area (Å²) in [4.78, 5) is 18.3. The van der Waals surface area contributed by atoms with E-state index in [0.717, 1.165) is 45.1 Å². The van der Waals surface area contributed by atoms with Crippen LogP contribution >= 0.6 is 0 Å². The molecule has 1 fully saturated rings. The summed E-state index contributed by atoms with van der Waals surface area (Å²) in [5.74, 6) is -0.505. The Morgan fingerprint density at radius 2 is 2.21 bits per heavy atom. The number of nitrogens with zero attached hydrogens (tertiary/aromatic N) is 2. The fraction of sp³-hybridized carbons (Fsp3) is 0.571. The van der Waals surface area contributed by atoms with E-state index in [9.17, 15) is 9.18 Å². The first-order valence-electron chi connectivity index (χ1n) is 6.85. The summed E-state index contributed by atoms with van der Waals surface area (Å²) >= 11 is 0. The molecular weight excluding hydrogens is 245 g/mol. The van der Waals surface area contributed by atoms with Crippen molar-refractivity contribution < 1.29 is 9.18 Å². The number of piperidine rings is 1. The van der Waals surface area contributed by atoms with Crippen LogP contribution in [0.4, 0.5) is 4.39 Å². The number of amides is 1. The average Bonchev–Trinajstić information content (AvgIpc) is 2.46. The molecule has 0 atom stereocenters. The molecule has 4 nitrogen and oxygen atoms in total. The molecule has 0 aliphatic carbocycles. The van der Waals surface area contributed by atoms with Crippen molar-refractivity contribution in [1.82, 2.24) is 15.2 Å². The standard InChI is InChI=1S/C14H20FN3O/c1-2-9-18(12-5-7-16-8-6-12)14(19)13-4-3-11(15)10-17-13/h3-4,10,12,16H,2,5-9H2,1H3. The minimum atomic E-state index is -0.416. The maximum Gasteiger partial charge on any atom is 0.272 e. The van der Waals surface area contributed by atoms with Crippen LogP contribution in [0.1, 0.15) is 36.7 Å². The number of hydrogen-bond donors (Lipinski definition) is 1. The third-order valence-electron chi connectivity index (χ3n) is 3.42. The molecule has 0 spiro atoms. The van der Waals surface area contributed by atoms with Gasteiger partial charge in [-0.25, -0.2) is 9.37 Å². The van der Waals surface area contributed by atoms with Gasteiger partial charge in [-0.2, -0.15) is 0 Å². The van der Waals surface area contributed by atoms with Crippen molar-refractivity contribution in [3.05, 3.63) is 29.8 Å². The van der Waals surface area contributed by atoms with Gasteiger partial charge in [0.2, 0.25) is 0 Å². The lowest BCUT2D eigenvalue weighted by Crippen LogP contribution is -2.46. The van der Waals surface area contributed by atoms with E-state index in [4.69, 9.17) is 0 Å². The largest absolute Gasteiger partial charge is 0.334 e. The zero-order chi connectivity index (χ0) is 13.7. The van der Waals surface area contributed by atoms with Crippen molar-refractivity contribution in [2.24, 2.45) is 0 Å². The van der Waals surface area contributed by atoms with E-state index < -0.39 is 5.82 Å². The second-order valence-electron chi connectivity index (χ2n) is 4.84. The van der Waals surface area contributed by atoms with Crippen LogP contribution in [0.15, 0.2) is 18.3 Å². The fourth-order valence-electron chi connectivity index (χ4n) is 2.46. The molecule has 1 aliphatic rings. The Morgan fingerprint density at radius 1 is 1.47 bits per heavy atom. The number of aromatic nitrogens is 1. The molecule has 1 aromatic rings. The monoisotopic (exact) mass is 265 g/mol. The lowest BCUT2D eigenvalue weighted by Gasteiger charge is -2.34. The van der Waals surface area contributed by atoms with E-state index in [1.807, 2.05) is 4.90 Å². The summed E-state index contributed by atoms with van der Waals surface area (Å²) < 4.78 is 12.9. The third-order valence-corrected chi connectivity index (χ3v) is 3.42. The van der Waals surface area contributed by atoms with Crippen LogP contribution in [0.25, 0.3) is 0 Å². The zero-order valence-corrected chi connectivity index (χ0v) is 11.2. The van der Waals surface area contributed by atoms with Gasteiger partial charge in [0.15, 0.2) is 0 Å². The summed E-state index contributed by atoms with van der Waals surface area (Å²) in [6, 6.07) is 3.01. The van der Waals surface area contributed by atoms with Crippen LogP contribution < -0.4 is 5.32 Å². The van der Waals surface area contributed by atoms with Crippen LogP contribution in [0.5, 0.6) is 0 Å². The molecule has 2 heterocycles. The molecule has 0 bridgehead atoms. The molecular formula is C14H20FN3O. The van der Waals surface area contributed by atoms with Crippen LogP contribution in [-0.4, -0.2) is 41.5 Å². The van der Waals surface area contributed by atoms with E-state index >= 15 is 0 Å². The van der Waals surface area contributed by atoms with Gasteiger partial charge in [-0.1, -0.05) is 6.92 Å². The molecule has 2 rings (SSSR count). The van der Waals surface area contributed by atoms with Gasteiger partial charge < -0.3 is 10.2 Å². The lowest BCUT2D eigenvalue weighted by atomic mass is 10.0. The molecule has 19 heavy (non-hydrogen) atoms. The van der Waals surface area contributed by atoms with Gasteiger partial charge in [0.05, 0.1) is 6.20 Å². The first-order chi connectivity index (χ1) is 9.22. The fourth-order valence-corrected chi connectivity index (χ4v) is 2.46. The number of hydrogen-bond acceptors (Lipinski definition) is 3. The Morgan fingerprint density at radius 3 is 2.79 bits per heavy atom. The molecule has 1 aromatic heterocycles. The summed E-state index contributed by atoms with van der Waals surface area (Å²) in [6.45, 7) is 4.66.